The number of ether oxygens (including phenoxy) is 2. The van der Waals surface area contributed by atoms with Crippen LogP contribution in [0.4, 0.5) is 22.0 Å². The normalized spacial score (nSPS) is 16.2. The summed E-state index contributed by atoms with van der Waals surface area (Å²) in [6.45, 7) is 8.24. The molecule has 1 fully saturated rings. The van der Waals surface area contributed by atoms with Gasteiger partial charge in [0, 0.05) is 25.2 Å². The Morgan fingerprint density at radius 3 is 2.29 bits per heavy atom. The first-order valence-electron chi connectivity index (χ1n) is 12.2. The van der Waals surface area contributed by atoms with Crippen LogP contribution < -0.4 is 9.47 Å². The zero-order chi connectivity index (χ0) is 31.1. The molecule has 41 heavy (non-hydrogen) atoms. The molecule has 1 aliphatic rings. The van der Waals surface area contributed by atoms with E-state index in [9.17, 15) is 26.6 Å². The number of halogens is 7. The van der Waals surface area contributed by atoms with Crippen LogP contribution in [0.2, 0.25) is 28.2 Å². The third kappa shape index (κ3) is 6.90. The summed E-state index contributed by atoms with van der Waals surface area (Å²) in [5.41, 5.74) is -0.507. The van der Waals surface area contributed by atoms with Crippen LogP contribution in [0, 0.1) is 10.6 Å². The molecule has 2 heterocycles. The fraction of sp³-hybridized carbons (Fsp3) is 0.500. The molecule has 3 rings (SSSR count). The molecule has 2 aromatic rings. The average Bonchev–Trinajstić information content (AvgIpc) is 2.77. The van der Waals surface area contributed by atoms with Gasteiger partial charge in [0.1, 0.15) is 22.3 Å². The summed E-state index contributed by atoms with van der Waals surface area (Å²) in [5, 5.41) is -1.12. The predicted molar refractivity (Wildman–Crippen MR) is 148 cm³/mol. The highest BCUT2D eigenvalue weighted by Crippen LogP contribution is 2.42. The van der Waals surface area contributed by atoms with Gasteiger partial charge in [-0.2, -0.15) is 8.78 Å². The van der Waals surface area contributed by atoms with E-state index in [1.165, 1.54) is 4.31 Å². The number of alkyl halides is 4. The van der Waals surface area contributed by atoms with Gasteiger partial charge in [0.05, 0.1) is 16.8 Å². The van der Waals surface area contributed by atoms with Crippen molar-refractivity contribution in [1.29, 1.82) is 4.78 Å². The first-order chi connectivity index (χ1) is 18.7. The van der Waals surface area contributed by atoms with Gasteiger partial charge in [-0.1, -0.05) is 44.0 Å². The van der Waals surface area contributed by atoms with Crippen molar-refractivity contribution in [1.82, 2.24) is 13.3 Å². The van der Waals surface area contributed by atoms with E-state index < -0.39 is 65.5 Å². The molecule has 1 amide bonds. The van der Waals surface area contributed by atoms with Gasteiger partial charge in [-0.05, 0) is 30.6 Å². The van der Waals surface area contributed by atoms with E-state index in [0.29, 0.717) is 13.1 Å². The Kier molecular flexibility index (Phi) is 9.60. The maximum Gasteiger partial charge on any atom is 0.340 e. The third-order valence-corrected chi connectivity index (χ3v) is 16.2. The first-order valence-corrected chi connectivity index (χ1v) is 17.4. The number of hydrogen-bond donors (Lipinski definition) is 1. The van der Waals surface area contributed by atoms with Crippen molar-refractivity contribution in [3.8, 4) is 17.4 Å². The highest BCUT2D eigenvalue weighted by atomic mass is 35.5. The summed E-state index contributed by atoms with van der Waals surface area (Å²) >= 11 is 12.2. The fourth-order valence-corrected chi connectivity index (χ4v) is 10.0. The van der Waals surface area contributed by atoms with Crippen LogP contribution in [0.1, 0.15) is 37.6 Å². The number of nitrogens with one attached hydrogen (secondary N) is 1. The highest BCUT2D eigenvalue weighted by molar-refractivity contribution is 7.90. The summed E-state index contributed by atoms with van der Waals surface area (Å²) in [7, 11) is -6.75. The van der Waals surface area contributed by atoms with Crippen molar-refractivity contribution in [2.24, 2.45) is 0 Å². The predicted octanol–water partition coefficient (Wildman–Crippen LogP) is 7.63. The lowest BCUT2D eigenvalue weighted by atomic mass is 10.2. The number of carbonyl (C=O) groups excluding carboxylic acids is 1. The Bertz CT molecular complexity index is 1420. The SMILES string of the molecule is CC(C)(C)[Si](C)(C)N(C(=O)c1cc(Cl)c(Oc2cnc(OCC(F)(F)C(F)F)c(Cl)c2)cc1F)S(=N)(=O)N1CCC1. The molecule has 17 heteroatoms. The van der Waals surface area contributed by atoms with Gasteiger partial charge >= 0.3 is 12.3 Å². The lowest BCUT2D eigenvalue weighted by molar-refractivity contribution is -0.148. The largest absolute Gasteiger partial charge is 0.470 e. The minimum atomic E-state index is -4.42. The summed E-state index contributed by atoms with van der Waals surface area (Å²) < 4.78 is 101. The Morgan fingerprint density at radius 2 is 1.80 bits per heavy atom. The maximum absolute atomic E-state index is 15.4. The Labute approximate surface area is 246 Å². The van der Waals surface area contributed by atoms with Crippen LogP contribution in [0.3, 0.4) is 0 Å². The molecule has 0 bridgehead atoms. The maximum atomic E-state index is 15.4. The number of amides is 1. The number of hydrogen-bond acceptors (Lipinski definition) is 6. The molecule has 0 saturated carbocycles. The number of rotatable bonds is 10. The second kappa shape index (κ2) is 11.8. The van der Waals surface area contributed by atoms with Gasteiger partial charge in [0.15, 0.2) is 24.9 Å². The minimum Gasteiger partial charge on any atom is -0.470 e. The fourth-order valence-electron chi connectivity index (χ4n) is 3.43. The quantitative estimate of drug-likeness (QED) is 0.208. The van der Waals surface area contributed by atoms with Crippen molar-refractivity contribution in [2.45, 2.75) is 57.7 Å². The van der Waals surface area contributed by atoms with Crippen molar-refractivity contribution in [2.75, 3.05) is 19.7 Å². The summed E-state index contributed by atoms with van der Waals surface area (Å²) in [6, 6.07) is 2.87. The number of aromatic nitrogens is 1. The van der Waals surface area contributed by atoms with E-state index in [4.69, 9.17) is 32.7 Å². The number of pyridine rings is 1. The molecular formula is C24H29Cl2F5N4O4SSi. The number of carbonyl (C=O) groups is 1. The van der Waals surface area contributed by atoms with Gasteiger partial charge in [0.25, 0.3) is 5.91 Å². The van der Waals surface area contributed by atoms with Gasteiger partial charge in [0.2, 0.25) is 5.88 Å². The lowest BCUT2D eigenvalue weighted by Gasteiger charge is -2.49. The number of benzene rings is 1. The molecule has 1 saturated heterocycles. The summed E-state index contributed by atoms with van der Waals surface area (Å²) in [6.07, 6.45) is -2.28. The van der Waals surface area contributed by atoms with E-state index in [1.54, 1.807) is 13.1 Å². The smallest absolute Gasteiger partial charge is 0.340 e. The lowest BCUT2D eigenvalue weighted by Crippen LogP contribution is -2.64. The molecule has 1 aliphatic heterocycles. The van der Waals surface area contributed by atoms with Gasteiger partial charge < -0.3 is 9.47 Å². The standard InChI is InChI=1S/C24H29Cl2F5N4O4SSi/c1-23(2,3)41(4,5)35(40(32,37)34-7-6-8-34)21(36)15-10-16(25)19(11-18(15)27)39-14-9-17(26)20(33-12-14)38-13-24(30,31)22(28)29/h9-12,22,32H,6-8,13H2,1-5H3. The zero-order valence-electron chi connectivity index (χ0n) is 22.7. The Morgan fingerprint density at radius 1 is 1.20 bits per heavy atom. The molecule has 8 nitrogen and oxygen atoms in total. The molecule has 1 aromatic heterocycles. The van der Waals surface area contributed by atoms with E-state index >= 15 is 4.39 Å². The molecule has 1 unspecified atom stereocenters. The van der Waals surface area contributed by atoms with E-state index in [1.807, 2.05) is 20.8 Å². The molecule has 1 atom stereocenters. The monoisotopic (exact) mass is 662 g/mol. The average molecular weight is 664 g/mol. The van der Waals surface area contributed by atoms with Gasteiger partial charge in [-0.25, -0.2) is 31.4 Å². The van der Waals surface area contributed by atoms with Gasteiger partial charge in [-0.3, -0.25) is 8.77 Å². The second-order valence-corrected chi connectivity index (χ2v) is 18.9. The molecule has 0 spiro atoms. The van der Waals surface area contributed by atoms with Crippen LogP contribution in [-0.2, 0) is 10.1 Å². The van der Waals surface area contributed by atoms with Crippen molar-refractivity contribution in [3.63, 3.8) is 0 Å². The van der Waals surface area contributed by atoms with Crippen molar-refractivity contribution >= 4 is 47.4 Å². The molecule has 1 aromatic carbocycles. The van der Waals surface area contributed by atoms with Crippen LogP contribution in [0.15, 0.2) is 24.4 Å². The summed E-state index contributed by atoms with van der Waals surface area (Å²) in [4.78, 5) is 17.4. The Balaban J connectivity index is 1.91. The Hall–Kier alpha value is -2.20. The first kappa shape index (κ1) is 33.3. The van der Waals surface area contributed by atoms with Crippen LogP contribution in [0.5, 0.6) is 17.4 Å². The minimum absolute atomic E-state index is 0.141. The highest BCUT2D eigenvalue weighted by Gasteiger charge is 2.51. The van der Waals surface area contributed by atoms with Crippen molar-refractivity contribution in [3.05, 3.63) is 45.8 Å². The molecule has 0 aliphatic carbocycles. The molecule has 1 N–H and O–H groups in total. The van der Waals surface area contributed by atoms with Gasteiger partial charge in [-0.15, -0.1) is 0 Å². The van der Waals surface area contributed by atoms with Crippen molar-refractivity contribution < 1.29 is 40.4 Å². The summed E-state index contributed by atoms with van der Waals surface area (Å²) in [5.74, 6) is -7.41. The topological polar surface area (TPSA) is 95.8 Å². The molecular weight excluding hydrogens is 634 g/mol. The van der Waals surface area contributed by atoms with E-state index in [0.717, 1.165) is 34.8 Å². The van der Waals surface area contributed by atoms with Crippen LogP contribution in [0.25, 0.3) is 0 Å². The third-order valence-electron chi connectivity index (χ3n) is 6.92. The van der Waals surface area contributed by atoms with E-state index in [2.05, 4.69) is 9.72 Å². The molecule has 228 valence electrons. The second-order valence-electron chi connectivity index (χ2n) is 10.9. The number of nitrogens with zero attached hydrogens (tertiary/aromatic N) is 3. The molecule has 0 radical (unpaired) electrons. The van der Waals surface area contributed by atoms with Crippen LogP contribution >= 0.6 is 23.2 Å². The van der Waals surface area contributed by atoms with Crippen LogP contribution in [-0.4, -0.2) is 63.7 Å². The van der Waals surface area contributed by atoms with E-state index in [-0.39, 0.29) is 21.5 Å². The zero-order valence-corrected chi connectivity index (χ0v) is 26.1.